The fourth-order valence-corrected chi connectivity index (χ4v) is 2.53. The van der Waals surface area contributed by atoms with Crippen molar-refractivity contribution in [2.45, 2.75) is 12.3 Å². The summed E-state index contributed by atoms with van der Waals surface area (Å²) in [5.41, 5.74) is 2.13. The predicted octanol–water partition coefficient (Wildman–Crippen LogP) is 3.31. The molecule has 0 amide bonds. The predicted molar refractivity (Wildman–Crippen MR) is 82.0 cm³/mol. The van der Waals surface area contributed by atoms with Gasteiger partial charge in [-0.3, -0.25) is 0 Å². The van der Waals surface area contributed by atoms with Gasteiger partial charge < -0.3 is 5.32 Å². The molecule has 0 saturated carbocycles. The normalized spacial score (nSPS) is 18.2. The average molecular weight is 351 g/mol. The number of rotatable bonds is 1. The molecular weight excluding hydrogens is 337 g/mol. The van der Waals surface area contributed by atoms with Crippen molar-refractivity contribution in [1.29, 1.82) is 0 Å². The van der Waals surface area contributed by atoms with Crippen LogP contribution in [0.15, 0.2) is 29.0 Å². The van der Waals surface area contributed by atoms with Crippen LogP contribution in [0.25, 0.3) is 11.0 Å². The molecule has 0 bridgehead atoms. The van der Waals surface area contributed by atoms with E-state index in [9.17, 15) is 0 Å². The molecule has 0 aliphatic carbocycles. The van der Waals surface area contributed by atoms with Gasteiger partial charge in [-0.15, -0.1) is 24.8 Å². The fourth-order valence-electron chi connectivity index (χ4n) is 2.18. The summed E-state index contributed by atoms with van der Waals surface area (Å²) in [6.07, 6.45) is 4.95. The van der Waals surface area contributed by atoms with Crippen LogP contribution >= 0.6 is 40.7 Å². The molecule has 0 spiro atoms. The highest BCUT2D eigenvalue weighted by molar-refractivity contribution is 9.10. The summed E-state index contributed by atoms with van der Waals surface area (Å²) < 4.78 is 1.00. The second kappa shape index (κ2) is 6.66. The molecule has 6 heteroatoms. The van der Waals surface area contributed by atoms with Crippen LogP contribution in [0.4, 0.5) is 0 Å². The van der Waals surface area contributed by atoms with Crippen LogP contribution in [0.3, 0.4) is 0 Å². The van der Waals surface area contributed by atoms with Gasteiger partial charge in [-0.05, 0) is 52.5 Å². The maximum absolute atomic E-state index is 4.41. The molecule has 98 valence electrons. The number of nitrogens with zero attached hydrogens (tertiary/aromatic N) is 2. The summed E-state index contributed by atoms with van der Waals surface area (Å²) in [6, 6.07) is 4.28. The molecule has 1 fully saturated rings. The summed E-state index contributed by atoms with van der Waals surface area (Å²) in [4.78, 5) is 8.68. The molecule has 0 aromatic carbocycles. The van der Waals surface area contributed by atoms with Crippen molar-refractivity contribution in [3.05, 3.63) is 34.6 Å². The SMILES string of the molecule is Brc1cnc2ncc(C3CCNC3)cc2c1.Cl.Cl. The molecule has 3 heterocycles. The van der Waals surface area contributed by atoms with E-state index in [1.807, 2.05) is 6.20 Å². The largest absolute Gasteiger partial charge is 0.316 e. The van der Waals surface area contributed by atoms with E-state index >= 15 is 0 Å². The first-order chi connectivity index (χ1) is 7.83. The number of fused-ring (bicyclic) bond motifs is 1. The van der Waals surface area contributed by atoms with Gasteiger partial charge >= 0.3 is 0 Å². The molecule has 1 aliphatic rings. The minimum absolute atomic E-state index is 0. The Bertz CT molecular complexity index is 530. The topological polar surface area (TPSA) is 37.8 Å². The molecule has 2 aromatic heterocycles. The minimum atomic E-state index is 0. The number of hydrogen-bond donors (Lipinski definition) is 1. The lowest BCUT2D eigenvalue weighted by molar-refractivity contribution is 0.760. The van der Waals surface area contributed by atoms with Crippen LogP contribution in [-0.2, 0) is 0 Å². The third-order valence-corrected chi connectivity index (χ3v) is 3.49. The van der Waals surface area contributed by atoms with E-state index in [0.717, 1.165) is 28.6 Å². The molecule has 0 radical (unpaired) electrons. The van der Waals surface area contributed by atoms with E-state index in [1.165, 1.54) is 12.0 Å². The van der Waals surface area contributed by atoms with E-state index in [2.05, 4.69) is 43.3 Å². The maximum atomic E-state index is 4.41. The molecule has 1 saturated heterocycles. The molecule has 1 atom stereocenters. The lowest BCUT2D eigenvalue weighted by Crippen LogP contribution is -2.08. The molecular formula is C12H14BrCl2N3. The van der Waals surface area contributed by atoms with Crippen molar-refractivity contribution in [2.75, 3.05) is 13.1 Å². The van der Waals surface area contributed by atoms with E-state index < -0.39 is 0 Å². The van der Waals surface area contributed by atoms with Gasteiger partial charge in [0.2, 0.25) is 0 Å². The quantitative estimate of drug-likeness (QED) is 0.857. The molecule has 2 aromatic rings. The van der Waals surface area contributed by atoms with Gasteiger partial charge in [0.25, 0.3) is 0 Å². The highest BCUT2D eigenvalue weighted by Gasteiger charge is 2.17. The van der Waals surface area contributed by atoms with Crippen LogP contribution in [-0.4, -0.2) is 23.1 Å². The zero-order chi connectivity index (χ0) is 11.0. The van der Waals surface area contributed by atoms with Gasteiger partial charge in [-0.2, -0.15) is 0 Å². The Morgan fingerprint density at radius 1 is 1.17 bits per heavy atom. The number of halogens is 3. The van der Waals surface area contributed by atoms with Gasteiger partial charge in [0.1, 0.15) is 0 Å². The number of hydrogen-bond acceptors (Lipinski definition) is 3. The zero-order valence-corrected chi connectivity index (χ0v) is 12.8. The molecule has 1 aliphatic heterocycles. The Labute approximate surface area is 127 Å². The Balaban J connectivity index is 0.000000810. The molecule has 1 N–H and O–H groups in total. The van der Waals surface area contributed by atoms with Crippen molar-refractivity contribution in [2.24, 2.45) is 0 Å². The van der Waals surface area contributed by atoms with Gasteiger partial charge in [-0.1, -0.05) is 0 Å². The Morgan fingerprint density at radius 2 is 1.94 bits per heavy atom. The Kier molecular flexibility index (Phi) is 5.79. The highest BCUT2D eigenvalue weighted by atomic mass is 79.9. The minimum Gasteiger partial charge on any atom is -0.316 e. The second-order valence-electron chi connectivity index (χ2n) is 4.16. The second-order valence-corrected chi connectivity index (χ2v) is 5.07. The lowest BCUT2D eigenvalue weighted by Gasteiger charge is -2.08. The molecule has 3 nitrogen and oxygen atoms in total. The van der Waals surface area contributed by atoms with Crippen molar-refractivity contribution >= 4 is 51.8 Å². The van der Waals surface area contributed by atoms with Crippen molar-refractivity contribution in [1.82, 2.24) is 15.3 Å². The van der Waals surface area contributed by atoms with Crippen LogP contribution in [0, 0.1) is 0 Å². The maximum Gasteiger partial charge on any atom is 0.159 e. The van der Waals surface area contributed by atoms with Crippen LogP contribution < -0.4 is 5.32 Å². The Hall–Kier alpha value is -0.420. The first kappa shape index (κ1) is 15.6. The van der Waals surface area contributed by atoms with Gasteiger partial charge in [-0.25, -0.2) is 9.97 Å². The van der Waals surface area contributed by atoms with E-state index in [4.69, 9.17) is 0 Å². The molecule has 1 unspecified atom stereocenters. The van der Waals surface area contributed by atoms with Crippen LogP contribution in [0.5, 0.6) is 0 Å². The third kappa shape index (κ3) is 3.12. The van der Waals surface area contributed by atoms with Crippen molar-refractivity contribution < 1.29 is 0 Å². The fraction of sp³-hybridized carbons (Fsp3) is 0.333. The monoisotopic (exact) mass is 349 g/mol. The summed E-state index contributed by atoms with van der Waals surface area (Å²) in [5.74, 6) is 0.607. The highest BCUT2D eigenvalue weighted by Crippen LogP contribution is 2.25. The average Bonchev–Trinajstić information content (AvgIpc) is 2.81. The standard InChI is InChI=1S/C12H12BrN3.2ClH/c13-11-4-9-3-10(8-1-2-14-5-8)6-15-12(9)16-7-11;;/h3-4,6-8,14H,1-2,5H2;2*1H. The first-order valence-electron chi connectivity index (χ1n) is 5.45. The summed E-state index contributed by atoms with van der Waals surface area (Å²) >= 11 is 3.44. The summed E-state index contributed by atoms with van der Waals surface area (Å²) in [7, 11) is 0. The zero-order valence-electron chi connectivity index (χ0n) is 9.60. The Morgan fingerprint density at radius 3 is 2.67 bits per heavy atom. The van der Waals surface area contributed by atoms with Gasteiger partial charge in [0.05, 0.1) is 0 Å². The van der Waals surface area contributed by atoms with Crippen molar-refractivity contribution in [3.63, 3.8) is 0 Å². The number of nitrogens with one attached hydrogen (secondary N) is 1. The number of aromatic nitrogens is 2. The first-order valence-corrected chi connectivity index (χ1v) is 6.24. The number of pyridine rings is 2. The summed E-state index contributed by atoms with van der Waals surface area (Å²) in [6.45, 7) is 2.17. The lowest BCUT2D eigenvalue weighted by atomic mass is 9.99. The van der Waals surface area contributed by atoms with E-state index in [1.54, 1.807) is 6.20 Å². The van der Waals surface area contributed by atoms with Gasteiger partial charge in [0.15, 0.2) is 5.65 Å². The molecule has 18 heavy (non-hydrogen) atoms. The van der Waals surface area contributed by atoms with Gasteiger partial charge in [0, 0.05) is 28.8 Å². The third-order valence-electron chi connectivity index (χ3n) is 3.05. The van der Waals surface area contributed by atoms with E-state index in [0.29, 0.717) is 5.92 Å². The van der Waals surface area contributed by atoms with Crippen LogP contribution in [0.2, 0.25) is 0 Å². The van der Waals surface area contributed by atoms with Crippen LogP contribution in [0.1, 0.15) is 17.9 Å². The smallest absolute Gasteiger partial charge is 0.159 e. The van der Waals surface area contributed by atoms with E-state index in [-0.39, 0.29) is 24.8 Å². The summed E-state index contributed by atoms with van der Waals surface area (Å²) in [5, 5.41) is 4.49. The van der Waals surface area contributed by atoms with Crippen molar-refractivity contribution in [3.8, 4) is 0 Å². The molecule has 3 rings (SSSR count).